The maximum Gasteiger partial charge on any atom is 0.243 e. The minimum absolute atomic E-state index is 0.0407. The Morgan fingerprint density at radius 3 is 2.38 bits per heavy atom. The summed E-state index contributed by atoms with van der Waals surface area (Å²) in [6, 6.07) is 14.0. The summed E-state index contributed by atoms with van der Waals surface area (Å²) >= 11 is 0. The highest BCUT2D eigenvalue weighted by Gasteiger charge is 2.21. The van der Waals surface area contributed by atoms with Crippen molar-refractivity contribution in [3.05, 3.63) is 54.1 Å². The first-order valence-electron chi connectivity index (χ1n) is 9.58. The number of nitrogens with one attached hydrogen (secondary N) is 2. The van der Waals surface area contributed by atoms with Crippen LogP contribution in [0.15, 0.2) is 53.4 Å². The number of carbonyl (C=O) groups is 1. The first kappa shape index (κ1) is 22.9. The quantitative estimate of drug-likeness (QED) is 0.616. The standard InChI is InChI=1S/C21H29N3O4S/c1-5-24(6-2)29(26,27)20-12-8-11-19(14-20)23-21(25)15-22-18-10-7-9-17(13-18)16(3)28-4/h7-14,16,22H,5-6,15H2,1-4H3,(H,23,25). The Bertz CT molecular complexity index is 927. The number of methoxy groups -OCH3 is 1. The monoisotopic (exact) mass is 419 g/mol. The van der Waals surface area contributed by atoms with Gasteiger partial charge < -0.3 is 15.4 Å². The van der Waals surface area contributed by atoms with Gasteiger partial charge in [0.1, 0.15) is 0 Å². The van der Waals surface area contributed by atoms with Crippen LogP contribution >= 0.6 is 0 Å². The van der Waals surface area contributed by atoms with Crippen LogP contribution in [-0.4, -0.2) is 45.4 Å². The van der Waals surface area contributed by atoms with Gasteiger partial charge in [0, 0.05) is 31.6 Å². The number of carbonyl (C=O) groups excluding carboxylic acids is 1. The molecule has 158 valence electrons. The van der Waals surface area contributed by atoms with Crippen molar-refractivity contribution >= 4 is 27.3 Å². The van der Waals surface area contributed by atoms with Crippen molar-refractivity contribution in [3.8, 4) is 0 Å². The van der Waals surface area contributed by atoms with Gasteiger partial charge in [-0.15, -0.1) is 0 Å². The van der Waals surface area contributed by atoms with E-state index in [0.717, 1.165) is 11.3 Å². The molecule has 0 saturated heterocycles. The first-order chi connectivity index (χ1) is 13.8. The van der Waals surface area contributed by atoms with E-state index < -0.39 is 10.0 Å². The molecule has 0 aliphatic rings. The van der Waals surface area contributed by atoms with E-state index in [-0.39, 0.29) is 23.5 Å². The average Bonchev–Trinajstić information content (AvgIpc) is 2.72. The number of ether oxygens (including phenoxy) is 1. The molecule has 0 fully saturated rings. The van der Waals surface area contributed by atoms with E-state index in [1.165, 1.54) is 16.4 Å². The Kier molecular flexibility index (Phi) is 8.19. The second-order valence-electron chi connectivity index (χ2n) is 6.52. The first-order valence-corrected chi connectivity index (χ1v) is 11.0. The van der Waals surface area contributed by atoms with Crippen LogP contribution in [0.4, 0.5) is 11.4 Å². The van der Waals surface area contributed by atoms with Gasteiger partial charge >= 0.3 is 0 Å². The summed E-state index contributed by atoms with van der Waals surface area (Å²) in [6.45, 7) is 6.37. The fourth-order valence-corrected chi connectivity index (χ4v) is 4.38. The van der Waals surface area contributed by atoms with Crippen molar-refractivity contribution in [1.82, 2.24) is 4.31 Å². The molecule has 2 N–H and O–H groups in total. The average molecular weight is 420 g/mol. The lowest BCUT2D eigenvalue weighted by molar-refractivity contribution is -0.114. The molecule has 2 aromatic rings. The molecule has 29 heavy (non-hydrogen) atoms. The number of hydrogen-bond acceptors (Lipinski definition) is 5. The van der Waals surface area contributed by atoms with Crippen LogP contribution in [0.2, 0.25) is 0 Å². The zero-order valence-electron chi connectivity index (χ0n) is 17.3. The van der Waals surface area contributed by atoms with Crippen LogP contribution in [0.3, 0.4) is 0 Å². The molecule has 2 rings (SSSR count). The summed E-state index contributed by atoms with van der Waals surface area (Å²) in [7, 11) is -1.93. The van der Waals surface area contributed by atoms with Crippen LogP contribution in [0, 0.1) is 0 Å². The fourth-order valence-electron chi connectivity index (χ4n) is 2.87. The largest absolute Gasteiger partial charge is 0.377 e. The zero-order valence-corrected chi connectivity index (χ0v) is 18.1. The third-order valence-electron chi connectivity index (χ3n) is 4.62. The molecule has 2 aromatic carbocycles. The van der Waals surface area contributed by atoms with Gasteiger partial charge in [-0.05, 0) is 42.8 Å². The van der Waals surface area contributed by atoms with Gasteiger partial charge in [0.25, 0.3) is 0 Å². The summed E-state index contributed by atoms with van der Waals surface area (Å²) in [4.78, 5) is 12.5. The number of amides is 1. The molecule has 0 aromatic heterocycles. The minimum Gasteiger partial charge on any atom is -0.377 e. The molecule has 0 heterocycles. The third-order valence-corrected chi connectivity index (χ3v) is 6.67. The van der Waals surface area contributed by atoms with Gasteiger partial charge in [-0.3, -0.25) is 4.79 Å². The maximum atomic E-state index is 12.6. The molecule has 0 bridgehead atoms. The highest BCUT2D eigenvalue weighted by Crippen LogP contribution is 2.21. The van der Waals surface area contributed by atoms with Gasteiger partial charge in [0.15, 0.2) is 0 Å². The summed E-state index contributed by atoms with van der Waals surface area (Å²) < 4.78 is 32.0. The third kappa shape index (κ3) is 6.03. The van der Waals surface area contributed by atoms with Crippen molar-refractivity contribution in [3.63, 3.8) is 0 Å². The molecule has 1 amide bonds. The zero-order chi connectivity index (χ0) is 21.4. The molecule has 0 aliphatic heterocycles. The Morgan fingerprint density at radius 1 is 1.07 bits per heavy atom. The van der Waals surface area contributed by atoms with Crippen molar-refractivity contribution in [2.45, 2.75) is 31.8 Å². The molecular weight excluding hydrogens is 390 g/mol. The van der Waals surface area contributed by atoms with Crippen molar-refractivity contribution in [2.24, 2.45) is 0 Å². The SMILES string of the molecule is CCN(CC)S(=O)(=O)c1cccc(NC(=O)CNc2cccc(C(C)OC)c2)c1. The van der Waals surface area contributed by atoms with Gasteiger partial charge in [0.2, 0.25) is 15.9 Å². The number of nitrogens with zero attached hydrogens (tertiary/aromatic N) is 1. The number of anilines is 2. The highest BCUT2D eigenvalue weighted by atomic mass is 32.2. The lowest BCUT2D eigenvalue weighted by Gasteiger charge is -2.19. The van der Waals surface area contributed by atoms with E-state index >= 15 is 0 Å². The molecule has 0 aliphatic carbocycles. The molecular formula is C21H29N3O4S. The lowest BCUT2D eigenvalue weighted by Crippen LogP contribution is -2.30. The second kappa shape index (κ2) is 10.4. The number of hydrogen-bond donors (Lipinski definition) is 2. The fraction of sp³-hybridized carbons (Fsp3) is 0.381. The van der Waals surface area contributed by atoms with E-state index in [1.807, 2.05) is 31.2 Å². The number of sulfonamides is 1. The van der Waals surface area contributed by atoms with Gasteiger partial charge in [-0.25, -0.2) is 8.42 Å². The van der Waals surface area contributed by atoms with Crippen LogP contribution in [0.25, 0.3) is 0 Å². The molecule has 1 atom stereocenters. The number of rotatable bonds is 10. The van der Waals surface area contributed by atoms with Gasteiger partial charge in [0.05, 0.1) is 17.5 Å². The normalized spacial score (nSPS) is 12.6. The summed E-state index contributed by atoms with van der Waals surface area (Å²) in [5, 5.41) is 5.81. The Morgan fingerprint density at radius 2 is 1.72 bits per heavy atom. The number of benzene rings is 2. The Hall–Kier alpha value is -2.42. The van der Waals surface area contributed by atoms with Gasteiger partial charge in [-0.2, -0.15) is 4.31 Å². The maximum absolute atomic E-state index is 12.6. The molecule has 1 unspecified atom stereocenters. The molecule has 0 radical (unpaired) electrons. The smallest absolute Gasteiger partial charge is 0.243 e. The predicted octanol–water partition coefficient (Wildman–Crippen LogP) is 3.48. The van der Waals surface area contributed by atoms with E-state index in [0.29, 0.717) is 18.8 Å². The van der Waals surface area contributed by atoms with E-state index in [4.69, 9.17) is 4.74 Å². The van der Waals surface area contributed by atoms with Crippen LogP contribution in [0.5, 0.6) is 0 Å². The Labute approximate surface area is 173 Å². The van der Waals surface area contributed by atoms with Gasteiger partial charge in [-0.1, -0.05) is 32.0 Å². The van der Waals surface area contributed by atoms with Crippen LogP contribution in [-0.2, 0) is 19.6 Å². The molecule has 7 nitrogen and oxygen atoms in total. The van der Waals surface area contributed by atoms with Crippen molar-refractivity contribution in [1.29, 1.82) is 0 Å². The Balaban J connectivity index is 2.03. The topological polar surface area (TPSA) is 87.7 Å². The van der Waals surface area contributed by atoms with E-state index in [1.54, 1.807) is 33.1 Å². The lowest BCUT2D eigenvalue weighted by atomic mass is 10.1. The van der Waals surface area contributed by atoms with Crippen molar-refractivity contribution < 1.29 is 17.9 Å². The minimum atomic E-state index is -3.58. The molecule has 0 spiro atoms. The van der Waals surface area contributed by atoms with E-state index in [9.17, 15) is 13.2 Å². The van der Waals surface area contributed by atoms with Crippen LogP contribution < -0.4 is 10.6 Å². The second-order valence-corrected chi connectivity index (χ2v) is 8.46. The predicted molar refractivity (Wildman–Crippen MR) is 116 cm³/mol. The summed E-state index contributed by atoms with van der Waals surface area (Å²) in [6.07, 6.45) is -0.0407. The molecule has 8 heteroatoms. The van der Waals surface area contributed by atoms with E-state index in [2.05, 4.69) is 10.6 Å². The van der Waals surface area contributed by atoms with Crippen molar-refractivity contribution in [2.75, 3.05) is 37.4 Å². The molecule has 0 saturated carbocycles. The van der Waals surface area contributed by atoms with Crippen LogP contribution in [0.1, 0.15) is 32.4 Å². The summed E-state index contributed by atoms with van der Waals surface area (Å²) in [5.41, 5.74) is 2.25. The summed E-state index contributed by atoms with van der Waals surface area (Å²) in [5.74, 6) is -0.271. The highest BCUT2D eigenvalue weighted by molar-refractivity contribution is 7.89.